The fourth-order valence-electron chi connectivity index (χ4n) is 0.809. The molecule has 0 aliphatic heterocycles. The lowest BCUT2D eigenvalue weighted by atomic mass is 9.74. The second kappa shape index (κ2) is 4.00. The number of carboxylic acid groups (broad SMARTS) is 1. The van der Waals surface area contributed by atoms with Gasteiger partial charge in [0.1, 0.15) is 0 Å². The smallest absolute Gasteiger partial charge is 0.401 e. The molecule has 0 radical (unpaired) electrons. The maximum absolute atomic E-state index is 12.0. The molecule has 0 aromatic heterocycles. The zero-order valence-corrected chi connectivity index (χ0v) is 9.20. The van der Waals surface area contributed by atoms with Gasteiger partial charge in [-0.2, -0.15) is 13.2 Å². The van der Waals surface area contributed by atoms with E-state index in [0.29, 0.717) is 0 Å². The minimum atomic E-state index is -4.34. The molecule has 0 saturated heterocycles. The van der Waals surface area contributed by atoms with E-state index >= 15 is 0 Å². The Morgan fingerprint density at radius 3 is 1.87 bits per heavy atom. The first kappa shape index (κ1) is 14.2. The first-order valence-electron chi connectivity index (χ1n) is 4.45. The number of nitrogens with one attached hydrogen (secondary N) is 1. The van der Waals surface area contributed by atoms with Crippen LogP contribution in [0.15, 0.2) is 0 Å². The molecule has 3 nitrogen and oxygen atoms in total. The Labute approximate surface area is 86.7 Å². The summed E-state index contributed by atoms with van der Waals surface area (Å²) < 4.78 is 35.9. The summed E-state index contributed by atoms with van der Waals surface area (Å²) in [6.07, 6.45) is -4.34. The Bertz CT molecular complexity index is 246. The molecule has 0 fully saturated rings. The fraction of sp³-hybridized carbons (Fsp3) is 0.889. The van der Waals surface area contributed by atoms with Gasteiger partial charge in [-0.15, -0.1) is 0 Å². The molecule has 6 heteroatoms. The lowest BCUT2D eigenvalue weighted by Crippen LogP contribution is -2.57. The van der Waals surface area contributed by atoms with Crippen molar-refractivity contribution in [3.8, 4) is 0 Å². The third-order valence-corrected chi connectivity index (χ3v) is 2.83. The summed E-state index contributed by atoms with van der Waals surface area (Å²) in [5.41, 5.74) is -2.42. The first-order chi connectivity index (χ1) is 6.40. The molecule has 0 spiro atoms. The van der Waals surface area contributed by atoms with Gasteiger partial charge in [0.15, 0.2) is 0 Å². The van der Waals surface area contributed by atoms with E-state index in [1.807, 2.05) is 0 Å². The average Bonchev–Trinajstić information content (AvgIpc) is 1.99. The van der Waals surface area contributed by atoms with Crippen molar-refractivity contribution in [2.45, 2.75) is 39.4 Å². The molecule has 0 atom stereocenters. The Balaban J connectivity index is 4.62. The van der Waals surface area contributed by atoms with Gasteiger partial charge in [0.05, 0.1) is 12.0 Å². The van der Waals surface area contributed by atoms with Crippen LogP contribution in [0.4, 0.5) is 13.2 Å². The van der Waals surface area contributed by atoms with Crippen LogP contribution in [0.5, 0.6) is 0 Å². The average molecular weight is 227 g/mol. The first-order valence-corrected chi connectivity index (χ1v) is 4.45. The van der Waals surface area contributed by atoms with Crippen molar-refractivity contribution in [2.24, 2.45) is 5.41 Å². The minimum Gasteiger partial charge on any atom is -0.481 e. The fourth-order valence-corrected chi connectivity index (χ4v) is 0.809. The molecule has 0 amide bonds. The molecular weight excluding hydrogens is 211 g/mol. The summed E-state index contributed by atoms with van der Waals surface area (Å²) in [5.74, 6) is -1.14. The van der Waals surface area contributed by atoms with Crippen molar-refractivity contribution < 1.29 is 23.1 Å². The third kappa shape index (κ3) is 3.70. The zero-order chi connectivity index (χ0) is 12.5. The maximum Gasteiger partial charge on any atom is 0.401 e. The van der Waals surface area contributed by atoms with Crippen LogP contribution >= 0.6 is 0 Å². The predicted octanol–water partition coefficient (Wildman–Crippen LogP) is 2.03. The second-order valence-corrected chi connectivity index (χ2v) is 4.52. The molecule has 0 unspecified atom stereocenters. The second-order valence-electron chi connectivity index (χ2n) is 4.52. The Kier molecular flexibility index (Phi) is 3.79. The van der Waals surface area contributed by atoms with Gasteiger partial charge in [-0.25, -0.2) is 0 Å². The zero-order valence-electron chi connectivity index (χ0n) is 9.20. The number of rotatable bonds is 4. The van der Waals surface area contributed by atoms with Crippen LogP contribution < -0.4 is 5.32 Å². The normalized spacial score (nSPS) is 14.1. The molecule has 0 aromatic rings. The summed E-state index contributed by atoms with van der Waals surface area (Å²) in [7, 11) is 0. The highest BCUT2D eigenvalue weighted by molar-refractivity contribution is 5.75. The number of hydrogen-bond donors (Lipinski definition) is 2. The quantitative estimate of drug-likeness (QED) is 0.772. The highest BCUT2D eigenvalue weighted by Gasteiger charge is 2.44. The minimum absolute atomic E-state index is 1.14. The van der Waals surface area contributed by atoms with Gasteiger partial charge in [0, 0.05) is 5.54 Å². The highest BCUT2D eigenvalue weighted by atomic mass is 19.4. The summed E-state index contributed by atoms with van der Waals surface area (Å²) >= 11 is 0. The molecule has 0 heterocycles. The topological polar surface area (TPSA) is 49.3 Å². The largest absolute Gasteiger partial charge is 0.481 e. The number of carboxylic acids is 1. The van der Waals surface area contributed by atoms with E-state index < -0.39 is 29.6 Å². The van der Waals surface area contributed by atoms with Crippen LogP contribution in [0.2, 0.25) is 0 Å². The standard InChI is InChI=1S/C9H16F3NO2/c1-7(2,6(14)15)8(3,4)13-5-9(10,11)12/h13H,5H2,1-4H3,(H,14,15). The number of alkyl halides is 3. The molecule has 0 aliphatic rings. The van der Waals surface area contributed by atoms with Crippen molar-refractivity contribution in [1.82, 2.24) is 5.32 Å². The summed E-state index contributed by atoms with van der Waals surface area (Å²) in [6.45, 7) is 4.45. The van der Waals surface area contributed by atoms with Gasteiger partial charge >= 0.3 is 12.1 Å². The molecule has 0 aromatic carbocycles. The predicted molar refractivity (Wildman–Crippen MR) is 49.6 cm³/mol. The molecule has 0 bridgehead atoms. The van der Waals surface area contributed by atoms with E-state index in [-0.39, 0.29) is 0 Å². The van der Waals surface area contributed by atoms with Crippen LogP contribution in [0.1, 0.15) is 27.7 Å². The van der Waals surface area contributed by atoms with Crippen LogP contribution in [-0.2, 0) is 4.79 Å². The summed E-state index contributed by atoms with van der Waals surface area (Å²) in [4.78, 5) is 10.9. The van der Waals surface area contributed by atoms with Gasteiger partial charge in [-0.3, -0.25) is 4.79 Å². The van der Waals surface area contributed by atoms with Crippen LogP contribution in [0.25, 0.3) is 0 Å². The van der Waals surface area contributed by atoms with Crippen molar-refractivity contribution in [2.75, 3.05) is 6.54 Å². The Hall–Kier alpha value is -0.780. The molecule has 0 aliphatic carbocycles. The van der Waals surface area contributed by atoms with Gasteiger partial charge in [0.2, 0.25) is 0 Å². The van der Waals surface area contributed by atoms with Crippen LogP contribution in [0.3, 0.4) is 0 Å². The molecular formula is C9H16F3NO2. The van der Waals surface area contributed by atoms with Gasteiger partial charge in [-0.1, -0.05) is 0 Å². The third-order valence-electron chi connectivity index (χ3n) is 2.83. The molecule has 2 N–H and O–H groups in total. The van der Waals surface area contributed by atoms with Gasteiger partial charge in [0.25, 0.3) is 0 Å². The summed E-state index contributed by atoms with van der Waals surface area (Å²) in [5, 5.41) is 11.1. The van der Waals surface area contributed by atoms with E-state index in [1.165, 1.54) is 27.7 Å². The lowest BCUT2D eigenvalue weighted by molar-refractivity contribution is -0.155. The van der Waals surface area contributed by atoms with Crippen molar-refractivity contribution in [3.63, 3.8) is 0 Å². The molecule has 15 heavy (non-hydrogen) atoms. The van der Waals surface area contributed by atoms with Crippen molar-refractivity contribution in [1.29, 1.82) is 0 Å². The van der Waals surface area contributed by atoms with E-state index in [1.54, 1.807) is 0 Å². The van der Waals surface area contributed by atoms with E-state index in [4.69, 9.17) is 5.11 Å². The van der Waals surface area contributed by atoms with Crippen molar-refractivity contribution >= 4 is 5.97 Å². The number of aliphatic carboxylic acids is 1. The monoisotopic (exact) mass is 227 g/mol. The van der Waals surface area contributed by atoms with E-state index in [9.17, 15) is 18.0 Å². The molecule has 90 valence electrons. The van der Waals surface area contributed by atoms with Gasteiger partial charge < -0.3 is 10.4 Å². The number of hydrogen-bond acceptors (Lipinski definition) is 2. The van der Waals surface area contributed by atoms with E-state index in [2.05, 4.69) is 5.32 Å². The van der Waals surface area contributed by atoms with Gasteiger partial charge in [-0.05, 0) is 27.7 Å². The van der Waals surface area contributed by atoms with E-state index in [0.717, 1.165) is 0 Å². The number of carbonyl (C=O) groups is 1. The highest BCUT2D eigenvalue weighted by Crippen LogP contribution is 2.31. The van der Waals surface area contributed by atoms with Crippen LogP contribution in [0, 0.1) is 5.41 Å². The van der Waals surface area contributed by atoms with Crippen LogP contribution in [-0.4, -0.2) is 29.3 Å². The Morgan fingerprint density at radius 1 is 1.20 bits per heavy atom. The lowest BCUT2D eigenvalue weighted by Gasteiger charge is -2.39. The summed E-state index contributed by atoms with van der Waals surface area (Å²) in [6, 6.07) is 0. The maximum atomic E-state index is 12.0. The molecule has 0 saturated carbocycles. The molecule has 0 rings (SSSR count). The SMILES string of the molecule is CC(C)(NCC(F)(F)F)C(C)(C)C(=O)O. The Morgan fingerprint density at radius 2 is 1.60 bits per heavy atom. The van der Waals surface area contributed by atoms with Crippen molar-refractivity contribution in [3.05, 3.63) is 0 Å². The number of halogens is 3.